The van der Waals surface area contributed by atoms with Gasteiger partial charge in [0.1, 0.15) is 40.5 Å². The van der Waals surface area contributed by atoms with Gasteiger partial charge < -0.3 is 15.3 Å². The zero-order valence-corrected chi connectivity index (χ0v) is 59.6. The number of aliphatic hydroxyl groups excluding tert-OH is 3. The Kier molecular flexibility index (Phi) is 42.7. The van der Waals surface area contributed by atoms with Crippen LogP contribution in [0.5, 0.6) is 0 Å². The molecular weight excluding hydrogens is 1100 g/mol. The molecule has 0 aromatic rings. The van der Waals surface area contributed by atoms with Crippen LogP contribution in [0, 0.1) is 94.7 Å². The van der Waals surface area contributed by atoms with Gasteiger partial charge in [-0.15, -0.1) is 0 Å². The van der Waals surface area contributed by atoms with Crippen molar-refractivity contribution in [3.63, 3.8) is 0 Å². The van der Waals surface area contributed by atoms with E-state index in [1.807, 2.05) is 111 Å². The summed E-state index contributed by atoms with van der Waals surface area (Å²) < 4.78 is 0. The maximum atomic E-state index is 11.7. The molecule has 0 spiro atoms. The van der Waals surface area contributed by atoms with Crippen molar-refractivity contribution in [1.82, 2.24) is 0 Å². The summed E-state index contributed by atoms with van der Waals surface area (Å²) in [4.78, 5) is 91.1. The van der Waals surface area contributed by atoms with Crippen LogP contribution >= 0.6 is 0 Å². The highest BCUT2D eigenvalue weighted by molar-refractivity contribution is 5.97. The van der Waals surface area contributed by atoms with E-state index in [1.54, 1.807) is 13.0 Å². The van der Waals surface area contributed by atoms with Crippen LogP contribution in [-0.2, 0) is 38.4 Å². The lowest BCUT2D eigenvalue weighted by atomic mass is 9.79. The third-order valence-corrected chi connectivity index (χ3v) is 19.5. The van der Waals surface area contributed by atoms with E-state index in [9.17, 15) is 53.7 Å². The molecule has 8 rings (SSSR count). The highest BCUT2D eigenvalue weighted by Crippen LogP contribution is 2.34. The number of hydrogen-bond donors (Lipinski definition) is 3. The predicted molar refractivity (Wildman–Crippen MR) is 362 cm³/mol. The van der Waals surface area contributed by atoms with Crippen LogP contribution in [-0.4, -0.2) is 79.9 Å². The van der Waals surface area contributed by atoms with Crippen molar-refractivity contribution in [3.8, 4) is 0 Å². The molecule has 8 aliphatic carbocycles. The highest BCUT2D eigenvalue weighted by Gasteiger charge is 2.33. The second-order valence-electron chi connectivity index (χ2n) is 30.4. The van der Waals surface area contributed by atoms with Crippen LogP contribution in [0.3, 0.4) is 0 Å². The molecule has 0 aliphatic heterocycles. The van der Waals surface area contributed by atoms with Gasteiger partial charge in [-0.05, 0) is 101 Å². The Balaban J connectivity index is 0.000000505. The predicted octanol–water partition coefficient (Wildman–Crippen LogP) is 17.9. The lowest BCUT2D eigenvalue weighted by molar-refractivity contribution is -0.128. The smallest absolute Gasteiger partial charge is 0.161 e. The molecule has 0 aromatic heterocycles. The molecule has 7 fully saturated rings. The first-order valence-electron chi connectivity index (χ1n) is 36.4. The molecule has 0 radical (unpaired) electrons. The molecular formula is C77H136O11. The van der Waals surface area contributed by atoms with E-state index in [0.29, 0.717) is 81.6 Å². The van der Waals surface area contributed by atoms with Crippen LogP contribution in [0.15, 0.2) is 11.6 Å². The third kappa shape index (κ3) is 34.0. The second kappa shape index (κ2) is 45.3. The summed E-state index contributed by atoms with van der Waals surface area (Å²) in [5, 5.41) is 28.2. The maximum Gasteiger partial charge on any atom is 0.161 e. The topological polar surface area (TPSA) is 197 Å². The molecule has 0 heterocycles. The first-order chi connectivity index (χ1) is 41.3. The Morgan fingerprint density at radius 3 is 0.852 bits per heavy atom. The minimum absolute atomic E-state index is 0.0455. The lowest BCUT2D eigenvalue weighted by Gasteiger charge is -2.28. The number of Topliss-reactive ketones (excluding diaryl/α,β-unsaturated/α-hetero) is 8. The van der Waals surface area contributed by atoms with E-state index in [0.717, 1.165) is 96.3 Å². The Morgan fingerprint density at radius 2 is 0.602 bits per heavy atom. The van der Waals surface area contributed by atoms with Crippen molar-refractivity contribution in [1.29, 1.82) is 0 Å². The van der Waals surface area contributed by atoms with E-state index in [-0.39, 0.29) is 77.5 Å². The SMILES string of the molecule is CC(C)C(=O)C1=CC(C)C(O)C(O)C1.CC(C)C(=O)C1CC1.CC(C)C(=O)C1CCC(O)CC1.CC(C)C(=O)C1CCC1.CC(C)C(=O)C1CCCC1.CC(C)C(=O)C1CCCCC1.CC(C)C(=O)C1CCCCCC1.CC(C)C(=O)CC1CCCCC1. The van der Waals surface area contributed by atoms with E-state index in [2.05, 4.69) is 0 Å². The standard InChI is InChI=1S/C11H18O3.2C11H20O.C10H18O2.C10H18O.C9H16O.C8H14O.C7H12O/c1-6(2)10(13)8-4-7(3)11(14)9(12)5-8;1-9(2)11(12)8-10-6-4-3-5-7-10;1-9(2)11(12)10-7-5-3-4-6-8-10;1-7(2)10(12)8-3-5-9(11)6-4-8;1-8(2)10(11)9-6-4-3-5-7-9;1-7(2)9(10)8-5-3-4-6-8;1-6(2)8(9)7-4-3-5-7;1-5(2)7(8)6-3-4-6/h4,6-7,9,11-12,14H,5H2,1-3H3;2*9-10H,3-8H2,1-2H3;7-9,11H,3-6H2,1-2H3;8-9H,3-7H2,1-2H3;7-8H,3-6H2,1-2H3;6-7H,3-5H2,1-2H3;5-6H,3-4H2,1-2H3. The van der Waals surface area contributed by atoms with E-state index in [4.69, 9.17) is 0 Å². The van der Waals surface area contributed by atoms with Crippen molar-refractivity contribution in [2.24, 2.45) is 94.7 Å². The molecule has 0 bridgehead atoms. The van der Waals surface area contributed by atoms with Crippen LogP contribution in [0.25, 0.3) is 0 Å². The van der Waals surface area contributed by atoms with Gasteiger partial charge in [0, 0.05) is 102 Å². The van der Waals surface area contributed by atoms with Crippen molar-refractivity contribution in [3.05, 3.63) is 11.6 Å². The van der Waals surface area contributed by atoms with Crippen molar-refractivity contribution in [2.45, 2.75) is 335 Å². The van der Waals surface area contributed by atoms with Gasteiger partial charge >= 0.3 is 0 Å². The fourth-order valence-electron chi connectivity index (χ4n) is 13.1. The van der Waals surface area contributed by atoms with Crippen LogP contribution in [0.1, 0.15) is 317 Å². The molecule has 88 heavy (non-hydrogen) atoms. The van der Waals surface area contributed by atoms with E-state index in [1.165, 1.54) is 96.3 Å². The number of hydrogen-bond acceptors (Lipinski definition) is 11. The van der Waals surface area contributed by atoms with Crippen LogP contribution in [0.2, 0.25) is 0 Å². The first kappa shape index (κ1) is 83.0. The average molecular weight is 1240 g/mol. The molecule has 510 valence electrons. The highest BCUT2D eigenvalue weighted by atomic mass is 16.3. The van der Waals surface area contributed by atoms with E-state index >= 15 is 0 Å². The zero-order chi connectivity index (χ0) is 66.8. The Labute approximate surface area is 538 Å². The number of ketones is 8. The van der Waals surface area contributed by atoms with Gasteiger partial charge in [-0.2, -0.15) is 0 Å². The summed E-state index contributed by atoms with van der Waals surface area (Å²) in [5.41, 5.74) is 0.658. The Bertz CT molecular complexity index is 2010. The monoisotopic (exact) mass is 1240 g/mol. The van der Waals surface area contributed by atoms with Gasteiger partial charge in [0.25, 0.3) is 0 Å². The van der Waals surface area contributed by atoms with Gasteiger partial charge in [-0.25, -0.2) is 0 Å². The fourth-order valence-corrected chi connectivity index (χ4v) is 13.1. The van der Waals surface area contributed by atoms with Gasteiger partial charge in [0.15, 0.2) is 5.78 Å². The van der Waals surface area contributed by atoms with Crippen molar-refractivity contribution >= 4 is 46.3 Å². The third-order valence-electron chi connectivity index (χ3n) is 19.5. The molecule has 8 aliphatic rings. The Hall–Kier alpha value is -3.02. The molecule has 0 saturated heterocycles. The molecule has 11 nitrogen and oxygen atoms in total. The van der Waals surface area contributed by atoms with Gasteiger partial charge in [-0.1, -0.05) is 220 Å². The number of rotatable bonds is 17. The quantitative estimate of drug-likeness (QED) is 0.117. The molecule has 3 unspecified atom stereocenters. The van der Waals surface area contributed by atoms with E-state index < -0.39 is 12.2 Å². The molecule has 0 aromatic carbocycles. The number of carbonyl (C=O) groups excluding carboxylic acids is 8. The first-order valence-corrected chi connectivity index (χ1v) is 36.4. The van der Waals surface area contributed by atoms with Crippen LogP contribution < -0.4 is 0 Å². The van der Waals surface area contributed by atoms with Gasteiger partial charge in [0.2, 0.25) is 0 Å². The summed E-state index contributed by atoms with van der Waals surface area (Å²) >= 11 is 0. The largest absolute Gasteiger partial charge is 0.393 e. The molecule has 11 heteroatoms. The second-order valence-corrected chi connectivity index (χ2v) is 30.4. The number of aliphatic hydroxyl groups is 3. The van der Waals surface area contributed by atoms with Crippen molar-refractivity contribution < 1.29 is 53.7 Å². The summed E-state index contributed by atoms with van der Waals surface area (Å²) in [7, 11) is 0. The lowest BCUT2D eigenvalue weighted by Crippen LogP contribution is -2.36. The van der Waals surface area contributed by atoms with Crippen molar-refractivity contribution in [2.75, 3.05) is 0 Å². The zero-order valence-electron chi connectivity index (χ0n) is 59.6. The van der Waals surface area contributed by atoms with Gasteiger partial charge in [-0.3, -0.25) is 38.4 Å². The van der Waals surface area contributed by atoms with Gasteiger partial charge in [0.05, 0.1) is 18.3 Å². The summed E-state index contributed by atoms with van der Waals surface area (Å²) in [6.07, 6.45) is 35.6. The normalized spacial score (nSPS) is 23.7. The molecule has 3 N–H and O–H groups in total. The summed E-state index contributed by atoms with van der Waals surface area (Å²) in [5.74, 6) is 7.85. The molecule has 3 atom stereocenters. The Morgan fingerprint density at radius 1 is 0.341 bits per heavy atom. The van der Waals surface area contributed by atoms with Crippen LogP contribution in [0.4, 0.5) is 0 Å². The fraction of sp³-hybridized carbons (Fsp3) is 0.870. The molecule has 0 amide bonds. The molecule has 7 saturated carbocycles. The average Bonchev–Trinajstić information content (AvgIpc) is 4.36. The minimum Gasteiger partial charge on any atom is -0.393 e. The maximum absolute atomic E-state index is 11.7. The minimum atomic E-state index is -0.798. The number of carbonyl (C=O) groups is 8. The summed E-state index contributed by atoms with van der Waals surface area (Å²) in [6.45, 7) is 33.4. The summed E-state index contributed by atoms with van der Waals surface area (Å²) in [6, 6.07) is 0.